The minimum atomic E-state index is 0.0201. The molecule has 0 aromatic carbocycles. The molecule has 0 saturated carbocycles. The minimum absolute atomic E-state index is 0.0201. The fourth-order valence-corrected chi connectivity index (χ4v) is 4.37. The summed E-state index contributed by atoms with van der Waals surface area (Å²) in [5.74, 6) is 2.71. The van der Waals surface area contributed by atoms with Crippen molar-refractivity contribution in [2.24, 2.45) is 5.92 Å². The molecule has 0 aliphatic carbocycles. The normalized spacial score (nSPS) is 22.3. The van der Waals surface area contributed by atoms with Crippen LogP contribution in [-0.4, -0.2) is 76.5 Å². The molecule has 3 aliphatic rings. The number of hydrogen-bond donors (Lipinski definition) is 1. The molecule has 0 radical (unpaired) electrons. The van der Waals surface area contributed by atoms with E-state index in [0.29, 0.717) is 6.54 Å². The van der Waals surface area contributed by atoms with Gasteiger partial charge in [0.1, 0.15) is 5.82 Å². The molecule has 1 aromatic heterocycles. The van der Waals surface area contributed by atoms with Crippen LogP contribution in [0.15, 0.2) is 0 Å². The Kier molecular flexibility index (Phi) is 6.24. The average Bonchev–Trinajstić information content (AvgIpc) is 2.93. The van der Waals surface area contributed by atoms with Gasteiger partial charge in [0.15, 0.2) is 5.82 Å². The molecule has 8 heteroatoms. The van der Waals surface area contributed by atoms with Crippen LogP contribution in [0.3, 0.4) is 0 Å². The summed E-state index contributed by atoms with van der Waals surface area (Å²) in [6, 6.07) is 0.0201. The van der Waals surface area contributed by atoms with Gasteiger partial charge < -0.3 is 19.5 Å². The lowest BCUT2D eigenvalue weighted by molar-refractivity contribution is 0.0452. The molecular formula is C19H32N6O2. The Hall–Kier alpha value is -1.67. The molecule has 2 amide bonds. The van der Waals surface area contributed by atoms with Crippen molar-refractivity contribution in [1.29, 1.82) is 0 Å². The maximum Gasteiger partial charge on any atom is 0.317 e. The second kappa shape index (κ2) is 9.01. The SMILES string of the molecule is O=C(NCc1nnc2n1CCCCC2)N1CCN(CC2CCOCC2)CC1. The van der Waals surface area contributed by atoms with Gasteiger partial charge in [-0.2, -0.15) is 0 Å². The van der Waals surface area contributed by atoms with Gasteiger partial charge in [0.05, 0.1) is 6.54 Å². The zero-order chi connectivity index (χ0) is 18.5. The van der Waals surface area contributed by atoms with Crippen LogP contribution < -0.4 is 5.32 Å². The maximum atomic E-state index is 12.5. The Labute approximate surface area is 161 Å². The smallest absolute Gasteiger partial charge is 0.317 e. The van der Waals surface area contributed by atoms with Gasteiger partial charge in [0.25, 0.3) is 0 Å². The second-order valence-corrected chi connectivity index (χ2v) is 8.00. The topological polar surface area (TPSA) is 75.5 Å². The Morgan fingerprint density at radius 2 is 1.85 bits per heavy atom. The monoisotopic (exact) mass is 376 g/mol. The van der Waals surface area contributed by atoms with E-state index in [1.165, 1.54) is 32.1 Å². The highest BCUT2D eigenvalue weighted by Crippen LogP contribution is 2.17. The third kappa shape index (κ3) is 4.79. The average molecular weight is 377 g/mol. The van der Waals surface area contributed by atoms with E-state index in [9.17, 15) is 4.79 Å². The summed E-state index contributed by atoms with van der Waals surface area (Å²) in [5, 5.41) is 11.7. The van der Waals surface area contributed by atoms with Crippen LogP contribution in [0.25, 0.3) is 0 Å². The van der Waals surface area contributed by atoms with Crippen molar-refractivity contribution in [3.05, 3.63) is 11.6 Å². The molecule has 27 heavy (non-hydrogen) atoms. The molecule has 4 rings (SSSR count). The molecule has 150 valence electrons. The number of aromatic nitrogens is 3. The third-order valence-electron chi connectivity index (χ3n) is 6.10. The van der Waals surface area contributed by atoms with Crippen LogP contribution in [-0.2, 0) is 24.2 Å². The largest absolute Gasteiger partial charge is 0.381 e. The summed E-state index contributed by atoms with van der Waals surface area (Å²) in [4.78, 5) is 17.0. The fourth-order valence-electron chi connectivity index (χ4n) is 4.37. The number of ether oxygens (including phenoxy) is 1. The molecule has 2 fully saturated rings. The molecule has 0 spiro atoms. The first-order valence-corrected chi connectivity index (χ1v) is 10.5. The number of nitrogens with zero attached hydrogens (tertiary/aromatic N) is 5. The number of nitrogens with one attached hydrogen (secondary N) is 1. The number of aryl methyl sites for hydroxylation is 1. The van der Waals surface area contributed by atoms with Gasteiger partial charge in [0, 0.05) is 58.9 Å². The highest BCUT2D eigenvalue weighted by molar-refractivity contribution is 5.74. The number of piperazine rings is 1. The Morgan fingerprint density at radius 1 is 1.04 bits per heavy atom. The molecule has 2 saturated heterocycles. The lowest BCUT2D eigenvalue weighted by Crippen LogP contribution is -2.52. The van der Waals surface area contributed by atoms with Crippen molar-refractivity contribution < 1.29 is 9.53 Å². The number of carbonyl (C=O) groups excluding carboxylic acids is 1. The summed E-state index contributed by atoms with van der Waals surface area (Å²) in [5.41, 5.74) is 0. The van der Waals surface area contributed by atoms with Crippen LogP contribution in [0.1, 0.15) is 43.8 Å². The van der Waals surface area contributed by atoms with Gasteiger partial charge in [-0.1, -0.05) is 6.42 Å². The number of urea groups is 1. The third-order valence-corrected chi connectivity index (χ3v) is 6.10. The molecule has 1 aromatic rings. The first kappa shape index (κ1) is 18.7. The summed E-state index contributed by atoms with van der Waals surface area (Å²) in [6.45, 7) is 7.91. The van der Waals surface area contributed by atoms with Gasteiger partial charge >= 0.3 is 6.03 Å². The van der Waals surface area contributed by atoms with Gasteiger partial charge in [-0.3, -0.25) is 4.90 Å². The summed E-state index contributed by atoms with van der Waals surface area (Å²) >= 11 is 0. The van der Waals surface area contributed by atoms with Crippen LogP contribution in [0.2, 0.25) is 0 Å². The molecular weight excluding hydrogens is 344 g/mol. The summed E-state index contributed by atoms with van der Waals surface area (Å²) in [7, 11) is 0. The predicted molar refractivity (Wildman–Crippen MR) is 101 cm³/mol. The number of fused-ring (bicyclic) bond motifs is 1. The quantitative estimate of drug-likeness (QED) is 0.856. The van der Waals surface area contributed by atoms with E-state index in [1.807, 2.05) is 4.90 Å². The lowest BCUT2D eigenvalue weighted by Gasteiger charge is -2.37. The molecule has 0 unspecified atom stereocenters. The molecule has 4 heterocycles. The van der Waals surface area contributed by atoms with Crippen molar-refractivity contribution in [2.45, 2.75) is 51.6 Å². The molecule has 0 bridgehead atoms. The van der Waals surface area contributed by atoms with Crippen LogP contribution in [0.4, 0.5) is 4.79 Å². The van der Waals surface area contributed by atoms with E-state index in [0.717, 1.165) is 76.5 Å². The Balaban J connectivity index is 1.21. The molecule has 3 aliphatic heterocycles. The lowest BCUT2D eigenvalue weighted by atomic mass is 9.99. The van der Waals surface area contributed by atoms with E-state index in [1.54, 1.807) is 0 Å². The predicted octanol–water partition coefficient (Wildman–Crippen LogP) is 1.26. The van der Waals surface area contributed by atoms with Crippen molar-refractivity contribution in [2.75, 3.05) is 45.9 Å². The van der Waals surface area contributed by atoms with Gasteiger partial charge in [-0.15, -0.1) is 10.2 Å². The second-order valence-electron chi connectivity index (χ2n) is 8.00. The number of rotatable bonds is 4. The van der Waals surface area contributed by atoms with Crippen molar-refractivity contribution in [3.63, 3.8) is 0 Å². The van der Waals surface area contributed by atoms with Gasteiger partial charge in [-0.25, -0.2) is 4.79 Å². The molecule has 8 nitrogen and oxygen atoms in total. The van der Waals surface area contributed by atoms with Crippen molar-refractivity contribution >= 4 is 6.03 Å². The summed E-state index contributed by atoms with van der Waals surface area (Å²) in [6.07, 6.45) is 6.93. The fraction of sp³-hybridized carbons (Fsp3) is 0.842. The number of amides is 2. The standard InChI is InChI=1S/C19H32N6O2/c26-19(20-14-18-22-21-17-4-2-1-3-7-25(17)18)24-10-8-23(9-11-24)15-16-5-12-27-13-6-16/h16H,1-15H2,(H,20,26). The first-order valence-electron chi connectivity index (χ1n) is 10.5. The highest BCUT2D eigenvalue weighted by atomic mass is 16.5. The number of carbonyl (C=O) groups is 1. The Bertz CT molecular complexity index is 620. The number of hydrogen-bond acceptors (Lipinski definition) is 5. The zero-order valence-electron chi connectivity index (χ0n) is 16.2. The maximum absolute atomic E-state index is 12.5. The van der Waals surface area contributed by atoms with E-state index in [2.05, 4.69) is 25.0 Å². The van der Waals surface area contributed by atoms with Crippen LogP contribution >= 0.6 is 0 Å². The first-order chi connectivity index (χ1) is 13.3. The Morgan fingerprint density at radius 3 is 2.67 bits per heavy atom. The van der Waals surface area contributed by atoms with Crippen LogP contribution in [0, 0.1) is 5.92 Å². The van der Waals surface area contributed by atoms with E-state index >= 15 is 0 Å². The summed E-state index contributed by atoms with van der Waals surface area (Å²) < 4.78 is 7.64. The minimum Gasteiger partial charge on any atom is -0.381 e. The highest BCUT2D eigenvalue weighted by Gasteiger charge is 2.24. The van der Waals surface area contributed by atoms with Gasteiger partial charge in [0.2, 0.25) is 0 Å². The van der Waals surface area contributed by atoms with E-state index in [4.69, 9.17) is 4.74 Å². The van der Waals surface area contributed by atoms with Gasteiger partial charge in [-0.05, 0) is 31.6 Å². The molecule has 0 atom stereocenters. The van der Waals surface area contributed by atoms with E-state index in [-0.39, 0.29) is 6.03 Å². The van der Waals surface area contributed by atoms with Crippen molar-refractivity contribution in [1.82, 2.24) is 29.9 Å². The van der Waals surface area contributed by atoms with Crippen molar-refractivity contribution in [3.8, 4) is 0 Å². The molecule has 1 N–H and O–H groups in total. The zero-order valence-corrected chi connectivity index (χ0v) is 16.2. The van der Waals surface area contributed by atoms with Crippen LogP contribution in [0.5, 0.6) is 0 Å². The van der Waals surface area contributed by atoms with E-state index < -0.39 is 0 Å².